The fourth-order valence-corrected chi connectivity index (χ4v) is 3.24. The van der Waals surface area contributed by atoms with Crippen LogP contribution in [0.5, 0.6) is 0 Å². The van der Waals surface area contributed by atoms with E-state index in [-0.39, 0.29) is 30.3 Å². The van der Waals surface area contributed by atoms with Gasteiger partial charge in [-0.3, -0.25) is 4.79 Å². The van der Waals surface area contributed by atoms with Crippen molar-refractivity contribution in [3.05, 3.63) is 59.5 Å². The molecule has 1 aromatic carbocycles. The van der Waals surface area contributed by atoms with Crippen molar-refractivity contribution in [3.63, 3.8) is 0 Å². The number of aliphatic hydroxyl groups is 2. The highest BCUT2D eigenvalue weighted by molar-refractivity contribution is 5.91. The van der Waals surface area contributed by atoms with E-state index in [2.05, 4.69) is 0 Å². The summed E-state index contributed by atoms with van der Waals surface area (Å²) >= 11 is 0. The average Bonchev–Trinajstić information content (AvgIpc) is 3.11. The van der Waals surface area contributed by atoms with Crippen molar-refractivity contribution in [1.82, 2.24) is 4.90 Å². The van der Waals surface area contributed by atoms with Gasteiger partial charge in [0.05, 0.1) is 6.10 Å². The molecule has 1 aromatic heterocycles. The second-order valence-electron chi connectivity index (χ2n) is 6.31. The first-order valence-corrected chi connectivity index (χ1v) is 8.38. The highest BCUT2D eigenvalue weighted by Gasteiger charge is 2.29. The minimum atomic E-state index is -0.380. The quantitative estimate of drug-likeness (QED) is 0.882. The van der Waals surface area contributed by atoms with E-state index in [1.54, 1.807) is 17.0 Å². The second kappa shape index (κ2) is 7.64. The van der Waals surface area contributed by atoms with E-state index < -0.39 is 0 Å². The predicted octanol–water partition coefficient (Wildman–Crippen LogP) is 2.23. The number of nitrogens with zero attached hydrogens (tertiary/aromatic N) is 1. The number of hydrogen-bond acceptors (Lipinski definition) is 4. The van der Waals surface area contributed by atoms with E-state index in [9.17, 15) is 9.90 Å². The van der Waals surface area contributed by atoms with E-state index >= 15 is 0 Å². The van der Waals surface area contributed by atoms with E-state index in [4.69, 9.17) is 9.52 Å². The van der Waals surface area contributed by atoms with Gasteiger partial charge in [-0.2, -0.15) is 0 Å². The topological polar surface area (TPSA) is 73.9 Å². The number of furan rings is 1. The molecule has 1 aliphatic heterocycles. The third-order valence-corrected chi connectivity index (χ3v) is 4.69. The van der Waals surface area contributed by atoms with Crippen LogP contribution >= 0.6 is 0 Å². The number of aliphatic hydroxyl groups excluding tert-OH is 2. The van der Waals surface area contributed by atoms with Gasteiger partial charge >= 0.3 is 0 Å². The first-order chi connectivity index (χ1) is 11.7. The summed E-state index contributed by atoms with van der Waals surface area (Å²) in [5.74, 6) is 0.721. The molecule has 0 saturated carbocycles. The fraction of sp³-hybridized carbons (Fsp3) is 0.421. The Hall–Kier alpha value is -2.11. The Morgan fingerprint density at radius 1 is 1.17 bits per heavy atom. The van der Waals surface area contributed by atoms with E-state index in [1.165, 1.54) is 0 Å². The van der Waals surface area contributed by atoms with Crippen molar-refractivity contribution in [3.8, 4) is 0 Å². The molecule has 0 aliphatic carbocycles. The van der Waals surface area contributed by atoms with Crippen LogP contribution in [0, 0.1) is 5.92 Å². The Kier molecular flexibility index (Phi) is 5.33. The molecule has 1 aliphatic rings. The lowest BCUT2D eigenvalue weighted by atomic mass is 9.88. The monoisotopic (exact) mass is 329 g/mol. The van der Waals surface area contributed by atoms with Crippen LogP contribution in [0.2, 0.25) is 0 Å². The lowest BCUT2D eigenvalue weighted by Gasteiger charge is -2.34. The van der Waals surface area contributed by atoms with Crippen molar-refractivity contribution in [2.24, 2.45) is 5.92 Å². The smallest absolute Gasteiger partial charge is 0.289 e. The molecule has 2 N–H and O–H groups in total. The maximum atomic E-state index is 12.4. The minimum Gasteiger partial charge on any atom is -0.453 e. The Labute approximate surface area is 141 Å². The molecule has 1 amide bonds. The van der Waals surface area contributed by atoms with Gasteiger partial charge in [0.15, 0.2) is 5.76 Å². The van der Waals surface area contributed by atoms with Crippen LogP contribution in [-0.2, 0) is 13.0 Å². The van der Waals surface area contributed by atoms with Gasteiger partial charge < -0.3 is 19.5 Å². The lowest BCUT2D eigenvalue weighted by molar-refractivity contribution is 0.0445. The molecule has 1 atom stereocenters. The predicted molar refractivity (Wildman–Crippen MR) is 89.4 cm³/mol. The summed E-state index contributed by atoms with van der Waals surface area (Å²) in [5, 5.41) is 19.5. The number of carbonyl (C=O) groups excluding carboxylic acids is 1. The number of rotatable bonds is 5. The number of piperidine rings is 1. The Balaban J connectivity index is 1.52. The number of likely N-dealkylation sites (tertiary alicyclic amines) is 1. The molecule has 1 saturated heterocycles. The SMILES string of the molecule is O=C(c1ccc(CO)o1)N1CCC([C@@H](O)Cc2ccccc2)CC1. The van der Waals surface area contributed by atoms with Crippen LogP contribution in [0.3, 0.4) is 0 Å². The van der Waals surface area contributed by atoms with Crippen LogP contribution in [-0.4, -0.2) is 40.2 Å². The first-order valence-electron chi connectivity index (χ1n) is 8.38. The first kappa shape index (κ1) is 16.7. The molecule has 3 rings (SSSR count). The van der Waals surface area contributed by atoms with Crippen molar-refractivity contribution < 1.29 is 19.4 Å². The van der Waals surface area contributed by atoms with E-state index in [0.29, 0.717) is 25.3 Å². The molecule has 1 fully saturated rings. The number of hydrogen-bond donors (Lipinski definition) is 2. The largest absolute Gasteiger partial charge is 0.453 e. The molecule has 0 spiro atoms. The van der Waals surface area contributed by atoms with Gasteiger partial charge in [-0.25, -0.2) is 0 Å². The highest BCUT2D eigenvalue weighted by Crippen LogP contribution is 2.24. The molecule has 2 heterocycles. The Bertz CT molecular complexity index is 659. The third kappa shape index (κ3) is 3.86. The molecule has 0 radical (unpaired) electrons. The maximum absolute atomic E-state index is 12.4. The van der Waals surface area contributed by atoms with Gasteiger partial charge in [0.25, 0.3) is 5.91 Å². The molecule has 128 valence electrons. The van der Waals surface area contributed by atoms with Gasteiger partial charge in [0.1, 0.15) is 12.4 Å². The van der Waals surface area contributed by atoms with E-state index in [0.717, 1.165) is 18.4 Å². The summed E-state index contributed by atoms with van der Waals surface area (Å²) in [7, 11) is 0. The summed E-state index contributed by atoms with van der Waals surface area (Å²) in [6, 6.07) is 13.2. The summed E-state index contributed by atoms with van der Waals surface area (Å²) in [6.45, 7) is 1.02. The zero-order valence-electron chi connectivity index (χ0n) is 13.6. The van der Waals surface area contributed by atoms with Crippen LogP contribution in [0.1, 0.15) is 34.7 Å². The third-order valence-electron chi connectivity index (χ3n) is 4.69. The maximum Gasteiger partial charge on any atom is 0.289 e. The zero-order valence-corrected chi connectivity index (χ0v) is 13.6. The molecular weight excluding hydrogens is 306 g/mol. The van der Waals surface area contributed by atoms with Gasteiger partial charge in [-0.15, -0.1) is 0 Å². The van der Waals surface area contributed by atoms with Gasteiger partial charge in [-0.1, -0.05) is 30.3 Å². The molecule has 5 heteroatoms. The summed E-state index contributed by atoms with van der Waals surface area (Å²) in [4.78, 5) is 14.1. The van der Waals surface area contributed by atoms with Gasteiger partial charge in [0.2, 0.25) is 0 Å². The van der Waals surface area contributed by atoms with Crippen LogP contribution < -0.4 is 0 Å². The fourth-order valence-electron chi connectivity index (χ4n) is 3.24. The van der Waals surface area contributed by atoms with Gasteiger partial charge in [-0.05, 0) is 42.9 Å². The van der Waals surface area contributed by atoms with E-state index in [1.807, 2.05) is 30.3 Å². The van der Waals surface area contributed by atoms with Crippen molar-refractivity contribution in [2.45, 2.75) is 32.0 Å². The number of benzene rings is 1. The second-order valence-corrected chi connectivity index (χ2v) is 6.31. The minimum absolute atomic E-state index is 0.148. The summed E-state index contributed by atoms with van der Waals surface area (Å²) in [5.41, 5.74) is 1.13. The molecule has 0 unspecified atom stereocenters. The Morgan fingerprint density at radius 3 is 2.50 bits per heavy atom. The van der Waals surface area contributed by atoms with Crippen LogP contribution in [0.25, 0.3) is 0 Å². The number of carbonyl (C=O) groups is 1. The standard InChI is InChI=1S/C19H23NO4/c21-13-16-6-7-18(24-16)19(23)20-10-8-15(9-11-20)17(22)12-14-4-2-1-3-5-14/h1-7,15,17,21-22H,8-13H2/t17-/m0/s1. The summed E-state index contributed by atoms with van der Waals surface area (Å²) < 4.78 is 5.31. The van der Waals surface area contributed by atoms with Crippen molar-refractivity contribution in [1.29, 1.82) is 0 Å². The molecule has 24 heavy (non-hydrogen) atoms. The highest BCUT2D eigenvalue weighted by atomic mass is 16.4. The Morgan fingerprint density at radius 2 is 1.88 bits per heavy atom. The molecule has 0 bridgehead atoms. The normalized spacial score (nSPS) is 17.0. The zero-order chi connectivity index (χ0) is 16.9. The molecule has 5 nitrogen and oxygen atoms in total. The van der Waals surface area contributed by atoms with Crippen LogP contribution in [0.15, 0.2) is 46.9 Å². The van der Waals surface area contributed by atoms with Gasteiger partial charge in [0, 0.05) is 13.1 Å². The lowest BCUT2D eigenvalue weighted by Crippen LogP contribution is -2.41. The van der Waals surface area contributed by atoms with Crippen LogP contribution in [0.4, 0.5) is 0 Å². The average molecular weight is 329 g/mol. The van der Waals surface area contributed by atoms with Crippen molar-refractivity contribution >= 4 is 5.91 Å². The molecule has 2 aromatic rings. The molecular formula is C19H23NO4. The van der Waals surface area contributed by atoms with Crippen molar-refractivity contribution in [2.75, 3.05) is 13.1 Å². The number of amides is 1. The summed E-state index contributed by atoms with van der Waals surface area (Å²) in [6.07, 6.45) is 1.84.